The van der Waals surface area contributed by atoms with E-state index in [1.165, 1.54) is 24.3 Å². The van der Waals surface area contributed by atoms with E-state index in [1.807, 2.05) is 12.5 Å². The summed E-state index contributed by atoms with van der Waals surface area (Å²) in [7, 11) is -0.00620. The topological polar surface area (TPSA) is 63.4 Å². The van der Waals surface area contributed by atoms with Gasteiger partial charge in [0.1, 0.15) is 12.5 Å². The third kappa shape index (κ3) is 3.28. The van der Waals surface area contributed by atoms with E-state index < -0.39 is 4.92 Å². The van der Waals surface area contributed by atoms with Gasteiger partial charge in [0.25, 0.3) is 5.69 Å². The van der Waals surface area contributed by atoms with E-state index in [-0.39, 0.29) is 22.3 Å². The first-order chi connectivity index (χ1) is 7.00. The molecular formula is C10H12NO3S+. The second-order valence-electron chi connectivity index (χ2n) is 3.19. The molecule has 0 aromatic heterocycles. The minimum Gasteiger partial charge on any atom is -0.503 e. The van der Waals surface area contributed by atoms with Crippen molar-refractivity contribution in [3.8, 4) is 0 Å². The van der Waals surface area contributed by atoms with Crippen LogP contribution in [-0.4, -0.2) is 22.5 Å². The number of aliphatic hydroxyl groups is 1. The number of aliphatic hydroxyl groups excluding tert-OH is 1. The van der Waals surface area contributed by atoms with Gasteiger partial charge in [0.15, 0.2) is 11.2 Å². The van der Waals surface area contributed by atoms with Crippen LogP contribution in [0.2, 0.25) is 0 Å². The minimum atomic E-state index is -0.464. The van der Waals surface area contributed by atoms with Crippen LogP contribution in [0.15, 0.2) is 29.7 Å². The normalized spacial score (nSPS) is 11.8. The Labute approximate surface area is 90.7 Å². The number of benzene rings is 1. The Morgan fingerprint density at radius 1 is 1.40 bits per heavy atom. The van der Waals surface area contributed by atoms with Crippen molar-refractivity contribution in [2.45, 2.75) is 0 Å². The third-order valence-electron chi connectivity index (χ3n) is 1.72. The second kappa shape index (κ2) is 4.84. The molecule has 1 N–H and O–H groups in total. The highest BCUT2D eigenvalue weighted by Crippen LogP contribution is 2.17. The van der Waals surface area contributed by atoms with E-state index in [4.69, 9.17) is 0 Å². The van der Waals surface area contributed by atoms with Crippen molar-refractivity contribution in [3.05, 3.63) is 45.4 Å². The smallest absolute Gasteiger partial charge is 0.269 e. The van der Waals surface area contributed by atoms with E-state index in [1.54, 1.807) is 5.41 Å². The average Bonchev–Trinajstić information content (AvgIpc) is 2.17. The molecule has 1 aromatic carbocycles. The predicted octanol–water partition coefficient (Wildman–Crippen LogP) is 2.33. The molecule has 5 heteroatoms. The molecule has 15 heavy (non-hydrogen) atoms. The lowest BCUT2D eigenvalue weighted by atomic mass is 10.2. The molecule has 0 atom stereocenters. The maximum absolute atomic E-state index is 10.4. The zero-order valence-electron chi connectivity index (χ0n) is 8.51. The van der Waals surface area contributed by atoms with E-state index >= 15 is 0 Å². The van der Waals surface area contributed by atoms with Gasteiger partial charge >= 0.3 is 0 Å². The van der Waals surface area contributed by atoms with Gasteiger partial charge in [-0.15, -0.1) is 0 Å². The average molecular weight is 226 g/mol. The number of non-ortho nitro benzene ring substituents is 1. The Hall–Kier alpha value is -1.49. The number of hydrogen-bond donors (Lipinski definition) is 1. The van der Waals surface area contributed by atoms with Crippen molar-refractivity contribution in [1.29, 1.82) is 0 Å². The second-order valence-corrected chi connectivity index (χ2v) is 5.18. The fourth-order valence-corrected chi connectivity index (χ4v) is 1.63. The van der Waals surface area contributed by atoms with E-state index in [0.29, 0.717) is 5.56 Å². The molecule has 0 saturated heterocycles. The Morgan fingerprint density at radius 2 is 1.93 bits per heavy atom. The molecule has 0 aliphatic rings. The molecule has 0 bridgehead atoms. The summed E-state index contributed by atoms with van der Waals surface area (Å²) in [4.78, 5) is 9.93. The summed E-state index contributed by atoms with van der Waals surface area (Å²) in [5.41, 5.74) is 0.625. The minimum absolute atomic E-state index is 0.00620. The monoisotopic (exact) mass is 226 g/mol. The fraction of sp³-hybridized carbons (Fsp3) is 0.200. The number of rotatable bonds is 3. The van der Waals surface area contributed by atoms with Gasteiger partial charge in [-0.1, -0.05) is 0 Å². The molecule has 0 saturated carbocycles. The van der Waals surface area contributed by atoms with E-state index in [9.17, 15) is 15.2 Å². The van der Waals surface area contributed by atoms with E-state index in [0.717, 1.165) is 0 Å². The van der Waals surface area contributed by atoms with E-state index in [2.05, 4.69) is 0 Å². The summed E-state index contributed by atoms with van der Waals surface area (Å²) in [5, 5.41) is 21.7. The van der Waals surface area contributed by atoms with Crippen molar-refractivity contribution >= 4 is 22.3 Å². The molecule has 0 spiro atoms. The number of nitro benzene ring substituents is 1. The molecule has 4 nitrogen and oxygen atoms in total. The maximum Gasteiger partial charge on any atom is 0.269 e. The molecule has 1 aromatic rings. The molecule has 0 radical (unpaired) electrons. The largest absolute Gasteiger partial charge is 0.503 e. The van der Waals surface area contributed by atoms with Crippen molar-refractivity contribution in [1.82, 2.24) is 0 Å². The lowest BCUT2D eigenvalue weighted by molar-refractivity contribution is -0.384. The zero-order chi connectivity index (χ0) is 11.4. The first kappa shape index (κ1) is 11.6. The van der Waals surface area contributed by atoms with Crippen molar-refractivity contribution in [2.24, 2.45) is 0 Å². The first-order valence-corrected chi connectivity index (χ1v) is 6.33. The zero-order valence-corrected chi connectivity index (χ0v) is 9.32. The Kier molecular flexibility index (Phi) is 3.74. The van der Waals surface area contributed by atoms with Gasteiger partial charge < -0.3 is 5.11 Å². The molecule has 0 heterocycles. The third-order valence-corrected chi connectivity index (χ3v) is 2.42. The summed E-state index contributed by atoms with van der Waals surface area (Å²) >= 11 is 0. The number of nitro groups is 1. The first-order valence-electron chi connectivity index (χ1n) is 4.22. The fourth-order valence-electron chi connectivity index (χ4n) is 1.05. The predicted molar refractivity (Wildman–Crippen MR) is 62.9 cm³/mol. The van der Waals surface area contributed by atoms with Crippen LogP contribution in [0.25, 0.3) is 5.76 Å². The van der Waals surface area contributed by atoms with Crippen molar-refractivity contribution < 1.29 is 10.0 Å². The number of nitrogens with zero attached hydrogens (tertiary/aromatic N) is 1. The van der Waals surface area contributed by atoms with Crippen LogP contribution in [0.1, 0.15) is 5.56 Å². The summed E-state index contributed by atoms with van der Waals surface area (Å²) < 4.78 is 0. The lowest BCUT2D eigenvalue weighted by Crippen LogP contribution is -1.92. The van der Waals surface area contributed by atoms with Gasteiger partial charge in [-0.3, -0.25) is 10.1 Å². The lowest BCUT2D eigenvalue weighted by Gasteiger charge is -1.98. The van der Waals surface area contributed by atoms with Gasteiger partial charge in [0.05, 0.1) is 4.92 Å². The summed E-state index contributed by atoms with van der Waals surface area (Å²) in [6, 6.07) is 5.83. The highest BCUT2D eigenvalue weighted by molar-refractivity contribution is 7.98. The van der Waals surface area contributed by atoms with Gasteiger partial charge in [0, 0.05) is 28.6 Å². The van der Waals surface area contributed by atoms with Crippen LogP contribution in [-0.2, 0) is 10.9 Å². The van der Waals surface area contributed by atoms with Crippen LogP contribution in [0, 0.1) is 10.1 Å². The van der Waals surface area contributed by atoms with Crippen molar-refractivity contribution in [3.63, 3.8) is 0 Å². The summed E-state index contributed by atoms with van der Waals surface area (Å²) in [5.74, 6) is 0.165. The van der Waals surface area contributed by atoms with Crippen LogP contribution >= 0.6 is 0 Å². The SMILES string of the molecule is C[S+](C)/C=C(\O)c1ccc([N+](=O)[O-])cc1. The standard InChI is InChI=1S/C10H11NO3S/c1-15(2)7-10(12)8-3-5-9(6-4-8)11(13)14/h3-7H,1-2H3/p+1/b10-7-. The maximum atomic E-state index is 10.4. The Balaban J connectivity index is 2.94. The van der Waals surface area contributed by atoms with Crippen LogP contribution in [0.4, 0.5) is 5.69 Å². The molecule has 0 aliphatic heterocycles. The van der Waals surface area contributed by atoms with Gasteiger partial charge in [-0.05, 0) is 12.1 Å². The number of hydrogen-bond acceptors (Lipinski definition) is 3. The summed E-state index contributed by atoms with van der Waals surface area (Å²) in [6.45, 7) is 0. The van der Waals surface area contributed by atoms with Gasteiger partial charge in [-0.2, -0.15) is 0 Å². The molecule has 0 aliphatic carbocycles. The van der Waals surface area contributed by atoms with Gasteiger partial charge in [0.2, 0.25) is 0 Å². The van der Waals surface area contributed by atoms with Crippen LogP contribution in [0.5, 0.6) is 0 Å². The van der Waals surface area contributed by atoms with Crippen LogP contribution in [0.3, 0.4) is 0 Å². The molecule has 80 valence electrons. The van der Waals surface area contributed by atoms with Gasteiger partial charge in [-0.25, -0.2) is 0 Å². The molecule has 1 rings (SSSR count). The molecule has 0 amide bonds. The molecule has 0 fully saturated rings. The molecular weight excluding hydrogens is 214 g/mol. The molecule has 0 unspecified atom stereocenters. The van der Waals surface area contributed by atoms with Crippen LogP contribution < -0.4 is 0 Å². The van der Waals surface area contributed by atoms with Crippen molar-refractivity contribution in [2.75, 3.05) is 12.5 Å². The summed E-state index contributed by atoms with van der Waals surface area (Å²) in [6.07, 6.45) is 3.95. The Morgan fingerprint density at radius 3 is 2.33 bits per heavy atom. The Bertz CT molecular complexity index is 384. The highest BCUT2D eigenvalue weighted by Gasteiger charge is 2.08. The highest BCUT2D eigenvalue weighted by atomic mass is 32.2. The quantitative estimate of drug-likeness (QED) is 0.372.